The van der Waals surface area contributed by atoms with Crippen LogP contribution in [0.4, 0.5) is 11.4 Å². The van der Waals surface area contributed by atoms with E-state index in [9.17, 15) is 14.9 Å². The normalized spacial score (nSPS) is 13.2. The lowest BCUT2D eigenvalue weighted by molar-refractivity contribution is -0.384. The summed E-state index contributed by atoms with van der Waals surface area (Å²) >= 11 is 1.34. The second-order valence-electron chi connectivity index (χ2n) is 7.21. The van der Waals surface area contributed by atoms with E-state index in [2.05, 4.69) is 16.3 Å². The van der Waals surface area contributed by atoms with Crippen LogP contribution >= 0.6 is 11.8 Å². The van der Waals surface area contributed by atoms with E-state index >= 15 is 0 Å². The van der Waals surface area contributed by atoms with Gasteiger partial charge >= 0.3 is 0 Å². The summed E-state index contributed by atoms with van der Waals surface area (Å²) in [5.74, 6) is 0.915. The molecule has 2 heterocycles. The van der Waals surface area contributed by atoms with Crippen molar-refractivity contribution in [2.24, 2.45) is 0 Å². The first kappa shape index (κ1) is 20.1. The van der Waals surface area contributed by atoms with Crippen LogP contribution in [-0.4, -0.2) is 37.9 Å². The molecule has 1 aromatic heterocycles. The van der Waals surface area contributed by atoms with Crippen LogP contribution in [-0.2, 0) is 11.2 Å². The Morgan fingerprint density at radius 1 is 1.20 bits per heavy atom. The molecule has 4 rings (SSSR count). The molecule has 3 aromatic rings. The van der Waals surface area contributed by atoms with E-state index in [1.807, 2.05) is 36.6 Å². The quantitative estimate of drug-likeness (QED) is 0.351. The number of amides is 1. The minimum atomic E-state index is -0.405. The second-order valence-corrected chi connectivity index (χ2v) is 8.15. The van der Waals surface area contributed by atoms with Crippen molar-refractivity contribution >= 4 is 29.0 Å². The van der Waals surface area contributed by atoms with Gasteiger partial charge in [-0.05, 0) is 56.0 Å². The maximum absolute atomic E-state index is 13.0. The molecular weight excluding hydrogens is 402 g/mol. The molecule has 154 valence electrons. The number of fused-ring (bicyclic) bond motifs is 1. The van der Waals surface area contributed by atoms with Crippen molar-refractivity contribution in [3.8, 4) is 5.69 Å². The largest absolute Gasteiger partial charge is 0.311 e. The van der Waals surface area contributed by atoms with Crippen LogP contribution in [0.25, 0.3) is 5.69 Å². The molecule has 0 fully saturated rings. The van der Waals surface area contributed by atoms with Gasteiger partial charge in [0.2, 0.25) is 5.91 Å². The molecule has 30 heavy (non-hydrogen) atoms. The standard InChI is InChI=1S/C21H21N5O3S/c1-14-5-3-7-17(11-14)25-15(2)22-23-21(25)30-13-20(27)24-10-4-6-16-12-18(26(28)29)8-9-19(16)24/h3,5,7-9,11-12H,4,6,10,13H2,1-2H3. The molecule has 0 spiro atoms. The van der Waals surface area contributed by atoms with Crippen molar-refractivity contribution < 1.29 is 9.72 Å². The Kier molecular flexibility index (Phi) is 5.54. The summed E-state index contributed by atoms with van der Waals surface area (Å²) < 4.78 is 1.94. The summed E-state index contributed by atoms with van der Waals surface area (Å²) in [6.07, 6.45) is 1.51. The third kappa shape index (κ3) is 3.93. The number of rotatable bonds is 5. The molecule has 0 N–H and O–H groups in total. The number of nitro benzene ring substituents is 1. The van der Waals surface area contributed by atoms with E-state index in [0.717, 1.165) is 41.2 Å². The highest BCUT2D eigenvalue weighted by molar-refractivity contribution is 7.99. The van der Waals surface area contributed by atoms with Gasteiger partial charge in [0, 0.05) is 30.1 Å². The highest BCUT2D eigenvalue weighted by Crippen LogP contribution is 2.31. The van der Waals surface area contributed by atoms with E-state index in [-0.39, 0.29) is 17.3 Å². The fourth-order valence-electron chi connectivity index (χ4n) is 3.66. The van der Waals surface area contributed by atoms with E-state index in [1.165, 1.54) is 17.8 Å². The maximum atomic E-state index is 13.0. The molecule has 0 radical (unpaired) electrons. The van der Waals surface area contributed by atoms with Crippen LogP contribution < -0.4 is 4.90 Å². The minimum Gasteiger partial charge on any atom is -0.311 e. The summed E-state index contributed by atoms with van der Waals surface area (Å²) in [5, 5.41) is 20.1. The Morgan fingerprint density at radius 2 is 2.03 bits per heavy atom. The van der Waals surface area contributed by atoms with Crippen molar-refractivity contribution in [2.45, 2.75) is 31.8 Å². The highest BCUT2D eigenvalue weighted by atomic mass is 32.2. The van der Waals surface area contributed by atoms with Crippen LogP contribution in [0.3, 0.4) is 0 Å². The van der Waals surface area contributed by atoms with Crippen LogP contribution in [0, 0.1) is 24.0 Å². The summed E-state index contributed by atoms with van der Waals surface area (Å²) in [6.45, 7) is 4.51. The molecule has 8 nitrogen and oxygen atoms in total. The van der Waals surface area contributed by atoms with E-state index < -0.39 is 4.92 Å². The number of carbonyl (C=O) groups excluding carboxylic acids is 1. The lowest BCUT2D eigenvalue weighted by atomic mass is 10.0. The molecule has 9 heteroatoms. The molecule has 0 bridgehead atoms. The number of benzene rings is 2. The molecule has 2 aromatic carbocycles. The van der Waals surface area contributed by atoms with Gasteiger partial charge in [-0.15, -0.1) is 10.2 Å². The lowest BCUT2D eigenvalue weighted by Gasteiger charge is -2.29. The Morgan fingerprint density at radius 3 is 2.80 bits per heavy atom. The minimum absolute atomic E-state index is 0.0498. The molecule has 0 saturated carbocycles. The Balaban J connectivity index is 1.53. The smallest absolute Gasteiger partial charge is 0.269 e. The van der Waals surface area contributed by atoms with Crippen molar-refractivity contribution in [1.29, 1.82) is 0 Å². The number of thioether (sulfide) groups is 1. The van der Waals surface area contributed by atoms with Gasteiger partial charge in [-0.3, -0.25) is 19.5 Å². The molecule has 0 saturated heterocycles. The van der Waals surface area contributed by atoms with Crippen molar-refractivity contribution in [3.05, 3.63) is 69.5 Å². The zero-order valence-electron chi connectivity index (χ0n) is 16.7. The number of aryl methyl sites for hydroxylation is 3. The highest BCUT2D eigenvalue weighted by Gasteiger charge is 2.25. The molecule has 1 aliphatic heterocycles. The van der Waals surface area contributed by atoms with Crippen LogP contribution in [0.2, 0.25) is 0 Å². The number of non-ortho nitro benzene ring substituents is 1. The van der Waals surface area contributed by atoms with Gasteiger partial charge in [0.15, 0.2) is 5.16 Å². The first-order chi connectivity index (χ1) is 14.4. The maximum Gasteiger partial charge on any atom is 0.269 e. The van der Waals surface area contributed by atoms with Crippen molar-refractivity contribution in [3.63, 3.8) is 0 Å². The topological polar surface area (TPSA) is 94.2 Å². The van der Waals surface area contributed by atoms with E-state index in [0.29, 0.717) is 11.7 Å². The Hall–Kier alpha value is -3.20. The molecule has 0 atom stereocenters. The Bertz CT molecular complexity index is 1130. The summed E-state index contributed by atoms with van der Waals surface area (Å²) in [5.41, 5.74) is 3.75. The number of carbonyl (C=O) groups is 1. The van der Waals surface area contributed by atoms with Crippen LogP contribution in [0.5, 0.6) is 0 Å². The molecule has 1 aliphatic rings. The average molecular weight is 423 g/mol. The number of nitrogens with zero attached hydrogens (tertiary/aromatic N) is 5. The summed E-state index contributed by atoms with van der Waals surface area (Å²) in [7, 11) is 0. The van der Waals surface area contributed by atoms with E-state index in [4.69, 9.17) is 0 Å². The third-order valence-corrected chi connectivity index (χ3v) is 5.99. The SMILES string of the molecule is Cc1cccc(-n2c(C)nnc2SCC(=O)N2CCCc3cc([N+](=O)[O-])ccc32)c1. The average Bonchev–Trinajstić information content (AvgIpc) is 3.11. The summed E-state index contributed by atoms with van der Waals surface area (Å²) in [6, 6.07) is 12.7. The van der Waals surface area contributed by atoms with Crippen molar-refractivity contribution in [2.75, 3.05) is 17.2 Å². The van der Waals surface area contributed by atoms with Gasteiger partial charge in [-0.1, -0.05) is 23.9 Å². The second kappa shape index (κ2) is 8.27. The molecule has 0 aliphatic carbocycles. The number of hydrogen-bond acceptors (Lipinski definition) is 6. The number of nitro groups is 1. The van der Waals surface area contributed by atoms with Crippen LogP contribution in [0.15, 0.2) is 47.6 Å². The zero-order valence-corrected chi connectivity index (χ0v) is 17.6. The number of hydrogen-bond donors (Lipinski definition) is 0. The van der Waals surface area contributed by atoms with Gasteiger partial charge in [0.05, 0.1) is 10.7 Å². The van der Waals surface area contributed by atoms with Gasteiger partial charge < -0.3 is 4.90 Å². The number of aromatic nitrogens is 3. The number of anilines is 1. The van der Waals surface area contributed by atoms with Crippen LogP contribution in [0.1, 0.15) is 23.4 Å². The molecule has 1 amide bonds. The predicted molar refractivity (Wildman–Crippen MR) is 115 cm³/mol. The fourth-order valence-corrected chi connectivity index (χ4v) is 4.53. The lowest BCUT2D eigenvalue weighted by Crippen LogP contribution is -2.36. The zero-order chi connectivity index (χ0) is 21.3. The predicted octanol–water partition coefficient (Wildman–Crippen LogP) is 3.86. The first-order valence-electron chi connectivity index (χ1n) is 9.63. The molecular formula is C21H21N5O3S. The van der Waals surface area contributed by atoms with Gasteiger partial charge in [-0.25, -0.2) is 0 Å². The fraction of sp³-hybridized carbons (Fsp3) is 0.286. The first-order valence-corrected chi connectivity index (χ1v) is 10.6. The monoisotopic (exact) mass is 423 g/mol. The van der Waals surface area contributed by atoms with Gasteiger partial charge in [-0.2, -0.15) is 0 Å². The molecule has 0 unspecified atom stereocenters. The Labute approximate surface area is 178 Å². The van der Waals surface area contributed by atoms with Gasteiger partial charge in [0.1, 0.15) is 5.82 Å². The summed E-state index contributed by atoms with van der Waals surface area (Å²) in [4.78, 5) is 25.3. The van der Waals surface area contributed by atoms with Gasteiger partial charge in [0.25, 0.3) is 5.69 Å². The third-order valence-electron chi connectivity index (χ3n) is 5.07. The van der Waals surface area contributed by atoms with E-state index in [1.54, 1.807) is 17.0 Å². The van der Waals surface area contributed by atoms with Crippen molar-refractivity contribution in [1.82, 2.24) is 14.8 Å².